The Kier molecular flexibility index (Phi) is 10.1. The van der Waals surface area contributed by atoms with Crippen LogP contribution in [0.3, 0.4) is 0 Å². The van der Waals surface area contributed by atoms with Crippen molar-refractivity contribution < 1.29 is 28.9 Å². The molecule has 7 nitrogen and oxygen atoms in total. The van der Waals surface area contributed by atoms with Crippen molar-refractivity contribution in [3.05, 3.63) is 37.5 Å². The van der Waals surface area contributed by atoms with Gasteiger partial charge in [-0.3, -0.25) is 4.79 Å². The first-order valence-electron chi connectivity index (χ1n) is 10.0. The summed E-state index contributed by atoms with van der Waals surface area (Å²) < 4.78 is 17.1. The maximum absolute atomic E-state index is 12.4. The lowest BCUT2D eigenvalue weighted by molar-refractivity contribution is -0.138. The van der Waals surface area contributed by atoms with Gasteiger partial charge in [0.25, 0.3) is 0 Å². The number of terminal acetylenes is 1. The van der Waals surface area contributed by atoms with Crippen LogP contribution in [0.15, 0.2) is 33.4 Å². The third-order valence-electron chi connectivity index (χ3n) is 3.99. The van der Waals surface area contributed by atoms with Gasteiger partial charge in [0.05, 0.1) is 21.7 Å². The van der Waals surface area contributed by atoms with E-state index < -0.39 is 5.97 Å². The van der Waals surface area contributed by atoms with Gasteiger partial charge in [0.1, 0.15) is 23.0 Å². The molecule has 1 heterocycles. The molecule has 1 aromatic rings. The molecular formula is C23H24INO6S. The number of hydrogen-bond donors (Lipinski definition) is 1. The molecule has 0 spiro atoms. The summed E-state index contributed by atoms with van der Waals surface area (Å²) in [4.78, 5) is 28.9. The van der Waals surface area contributed by atoms with Gasteiger partial charge >= 0.3 is 5.97 Å². The van der Waals surface area contributed by atoms with Crippen LogP contribution in [-0.2, 0) is 14.3 Å². The Balaban J connectivity index is 2.51. The monoisotopic (exact) mass is 569 g/mol. The van der Waals surface area contributed by atoms with Crippen LogP contribution in [0.4, 0.5) is 0 Å². The molecule has 32 heavy (non-hydrogen) atoms. The molecule has 1 aliphatic heterocycles. The predicted molar refractivity (Wildman–Crippen MR) is 134 cm³/mol. The fourth-order valence-electron chi connectivity index (χ4n) is 2.71. The number of ether oxygens (including phenoxy) is 3. The van der Waals surface area contributed by atoms with Crippen LogP contribution in [0.25, 0.3) is 6.08 Å². The van der Waals surface area contributed by atoms with E-state index in [9.17, 15) is 14.7 Å². The number of carbonyl (C=O) groups excluding carboxylic acids is 2. The number of nitrogens with zero attached hydrogens (tertiary/aromatic N) is 1. The minimum atomic E-state index is -0.730. The molecule has 1 N–H and O–H groups in total. The average molecular weight is 569 g/mol. The molecular weight excluding hydrogens is 545 g/mol. The SMILES string of the molecule is C#CCOc1c(I)cc(/C=C2\SC(=NC(=O)CCC)C(C(=O)OCC)=C2O)cc1OCC. The second kappa shape index (κ2) is 12.6. The van der Waals surface area contributed by atoms with Crippen molar-refractivity contribution in [2.24, 2.45) is 4.99 Å². The number of hydrogen-bond acceptors (Lipinski definition) is 7. The maximum Gasteiger partial charge on any atom is 0.344 e. The van der Waals surface area contributed by atoms with E-state index in [4.69, 9.17) is 20.6 Å². The molecule has 9 heteroatoms. The number of carbonyl (C=O) groups is 2. The molecule has 1 amide bonds. The van der Waals surface area contributed by atoms with Crippen molar-refractivity contribution in [3.63, 3.8) is 0 Å². The van der Waals surface area contributed by atoms with Crippen LogP contribution in [0.5, 0.6) is 11.5 Å². The number of aliphatic hydroxyl groups is 1. The first kappa shape index (κ1) is 25.8. The third-order valence-corrected chi connectivity index (χ3v) is 5.81. The largest absolute Gasteiger partial charge is 0.506 e. The standard InChI is InChI=1S/C23H24INO6S/c1-5-9-18(26)25-22-19(23(28)30-8-4)20(27)17(32-22)13-14-11-15(24)21(31-10-6-2)16(12-14)29-7-3/h2,11-13,27H,5,7-10H2,1,3-4H3/b17-13-,25-22?. The van der Waals surface area contributed by atoms with Crippen LogP contribution in [0, 0.1) is 15.9 Å². The molecule has 1 aromatic carbocycles. The van der Waals surface area contributed by atoms with E-state index in [0.29, 0.717) is 35.0 Å². The van der Waals surface area contributed by atoms with Crippen molar-refractivity contribution in [1.29, 1.82) is 0 Å². The summed E-state index contributed by atoms with van der Waals surface area (Å²) in [5, 5.41) is 10.9. The van der Waals surface area contributed by atoms with Gasteiger partial charge in [-0.25, -0.2) is 9.79 Å². The number of aliphatic hydroxyl groups excluding tert-OH is 1. The van der Waals surface area contributed by atoms with Gasteiger partial charge in [0.15, 0.2) is 11.5 Å². The Hall–Kier alpha value is -2.45. The highest BCUT2D eigenvalue weighted by molar-refractivity contribution is 14.1. The maximum atomic E-state index is 12.4. The minimum Gasteiger partial charge on any atom is -0.506 e. The van der Waals surface area contributed by atoms with Crippen molar-refractivity contribution in [2.75, 3.05) is 19.8 Å². The van der Waals surface area contributed by atoms with E-state index in [1.807, 2.05) is 19.9 Å². The van der Waals surface area contributed by atoms with Gasteiger partial charge in [0, 0.05) is 6.42 Å². The van der Waals surface area contributed by atoms with E-state index in [1.54, 1.807) is 19.1 Å². The Morgan fingerprint density at radius 2 is 2.00 bits per heavy atom. The van der Waals surface area contributed by atoms with Gasteiger partial charge in [-0.05, 0) is 66.6 Å². The highest BCUT2D eigenvalue weighted by Gasteiger charge is 2.33. The number of halogens is 1. The zero-order valence-corrected chi connectivity index (χ0v) is 21.0. The summed E-state index contributed by atoms with van der Waals surface area (Å²) in [5.41, 5.74) is 0.588. The quantitative estimate of drug-likeness (QED) is 0.257. The lowest BCUT2D eigenvalue weighted by atomic mass is 10.1. The van der Waals surface area contributed by atoms with Gasteiger partial charge in [0.2, 0.25) is 5.91 Å². The zero-order valence-electron chi connectivity index (χ0n) is 18.1. The number of thioether (sulfide) groups is 1. The number of aliphatic imine (C=N–C) groups is 1. The minimum absolute atomic E-state index is 0.102. The number of rotatable bonds is 9. The van der Waals surface area contributed by atoms with Gasteiger partial charge in [-0.2, -0.15) is 0 Å². The second-order valence-corrected chi connectivity index (χ2v) is 8.56. The fourth-order valence-corrected chi connectivity index (χ4v) is 4.53. The Labute approximate surface area is 205 Å². The Morgan fingerprint density at radius 3 is 2.62 bits per heavy atom. The third kappa shape index (κ3) is 6.53. The summed E-state index contributed by atoms with van der Waals surface area (Å²) in [6, 6.07) is 3.58. The number of benzene rings is 1. The van der Waals surface area contributed by atoms with Crippen LogP contribution in [0.2, 0.25) is 0 Å². The highest BCUT2D eigenvalue weighted by atomic mass is 127. The summed E-state index contributed by atoms with van der Waals surface area (Å²) >= 11 is 3.15. The molecule has 0 aliphatic carbocycles. The topological polar surface area (TPSA) is 94.4 Å². The molecule has 0 atom stereocenters. The van der Waals surface area contributed by atoms with E-state index in [1.165, 1.54) is 0 Å². The summed E-state index contributed by atoms with van der Waals surface area (Å²) in [5.74, 6) is 2.09. The molecule has 0 radical (unpaired) electrons. The summed E-state index contributed by atoms with van der Waals surface area (Å²) in [6.45, 7) is 6.03. The first-order valence-corrected chi connectivity index (χ1v) is 11.9. The van der Waals surface area contributed by atoms with Crippen molar-refractivity contribution in [1.82, 2.24) is 0 Å². The first-order chi connectivity index (χ1) is 15.4. The molecule has 0 aromatic heterocycles. The lowest BCUT2D eigenvalue weighted by Crippen LogP contribution is -2.14. The predicted octanol–water partition coefficient (Wildman–Crippen LogP) is 4.89. The molecule has 170 valence electrons. The van der Waals surface area contributed by atoms with Crippen molar-refractivity contribution in [3.8, 4) is 23.8 Å². The smallest absolute Gasteiger partial charge is 0.344 e. The Bertz CT molecular complexity index is 1020. The zero-order chi connectivity index (χ0) is 23.7. The van der Waals surface area contributed by atoms with Crippen LogP contribution in [-0.4, -0.2) is 41.8 Å². The van der Waals surface area contributed by atoms with E-state index >= 15 is 0 Å². The summed E-state index contributed by atoms with van der Waals surface area (Å²) in [6.07, 6.45) is 7.85. The fraction of sp³-hybridized carbons (Fsp3) is 0.348. The number of esters is 1. The van der Waals surface area contributed by atoms with Crippen molar-refractivity contribution in [2.45, 2.75) is 33.6 Å². The van der Waals surface area contributed by atoms with Crippen molar-refractivity contribution >= 4 is 57.3 Å². The van der Waals surface area contributed by atoms with Gasteiger partial charge < -0.3 is 19.3 Å². The van der Waals surface area contributed by atoms with Crippen LogP contribution >= 0.6 is 34.4 Å². The van der Waals surface area contributed by atoms with E-state index in [-0.39, 0.29) is 41.9 Å². The molecule has 0 saturated carbocycles. The molecule has 0 saturated heterocycles. The highest BCUT2D eigenvalue weighted by Crippen LogP contribution is 2.41. The number of amides is 1. The lowest BCUT2D eigenvalue weighted by Gasteiger charge is -2.13. The summed E-state index contributed by atoms with van der Waals surface area (Å²) in [7, 11) is 0. The molecule has 2 rings (SSSR count). The average Bonchev–Trinajstić information content (AvgIpc) is 3.02. The van der Waals surface area contributed by atoms with Gasteiger partial charge in [-0.15, -0.1) is 6.42 Å². The van der Waals surface area contributed by atoms with Gasteiger partial charge in [-0.1, -0.05) is 24.6 Å². The molecule has 0 fully saturated rings. The normalized spacial score (nSPS) is 15.7. The second-order valence-electron chi connectivity index (χ2n) is 6.37. The van der Waals surface area contributed by atoms with E-state index in [0.717, 1.165) is 15.3 Å². The van der Waals surface area contributed by atoms with E-state index in [2.05, 4.69) is 33.5 Å². The molecule has 0 bridgehead atoms. The molecule has 1 aliphatic rings. The Morgan fingerprint density at radius 1 is 1.25 bits per heavy atom. The van der Waals surface area contributed by atoms with Crippen LogP contribution < -0.4 is 9.47 Å². The molecule has 0 unspecified atom stereocenters. The van der Waals surface area contributed by atoms with Crippen LogP contribution in [0.1, 0.15) is 39.2 Å².